The molecule has 2 fully saturated rings. The standard InChI is InChI=1S/C10H18N2O2/c11-9-1-4-12(5-2-9)10(13)8-3-6-14-7-8/h8-9H,1-7,11H2/t8-/m1/s1. The van der Waals surface area contributed by atoms with Crippen LogP contribution in [0.5, 0.6) is 0 Å². The summed E-state index contributed by atoms with van der Waals surface area (Å²) in [7, 11) is 0. The zero-order chi connectivity index (χ0) is 9.97. The van der Waals surface area contributed by atoms with Gasteiger partial charge in [-0.05, 0) is 19.3 Å². The summed E-state index contributed by atoms with van der Waals surface area (Å²) in [5.41, 5.74) is 5.79. The molecule has 2 aliphatic rings. The molecule has 0 radical (unpaired) electrons. The number of nitrogens with zero attached hydrogens (tertiary/aromatic N) is 1. The van der Waals surface area contributed by atoms with Crippen LogP contribution in [0, 0.1) is 5.92 Å². The number of carbonyl (C=O) groups is 1. The van der Waals surface area contributed by atoms with Crippen molar-refractivity contribution in [2.24, 2.45) is 11.7 Å². The molecule has 0 saturated carbocycles. The summed E-state index contributed by atoms with van der Waals surface area (Å²) < 4.78 is 5.22. The lowest BCUT2D eigenvalue weighted by molar-refractivity contribution is -0.136. The molecule has 2 heterocycles. The van der Waals surface area contributed by atoms with Crippen LogP contribution in [0.25, 0.3) is 0 Å². The van der Waals surface area contributed by atoms with E-state index in [0.717, 1.165) is 39.0 Å². The maximum absolute atomic E-state index is 11.9. The molecule has 4 heteroatoms. The number of nitrogens with two attached hydrogens (primary N) is 1. The second-order valence-corrected chi connectivity index (χ2v) is 4.22. The Bertz CT molecular complexity index is 206. The van der Waals surface area contributed by atoms with Gasteiger partial charge in [0.1, 0.15) is 0 Å². The highest BCUT2D eigenvalue weighted by molar-refractivity contribution is 5.79. The van der Waals surface area contributed by atoms with Gasteiger partial charge < -0.3 is 15.4 Å². The highest BCUT2D eigenvalue weighted by atomic mass is 16.5. The zero-order valence-electron chi connectivity index (χ0n) is 8.45. The van der Waals surface area contributed by atoms with Crippen LogP contribution in [-0.2, 0) is 9.53 Å². The van der Waals surface area contributed by atoms with Gasteiger partial charge in [0.25, 0.3) is 0 Å². The lowest BCUT2D eigenvalue weighted by atomic mass is 10.0. The van der Waals surface area contributed by atoms with Crippen LogP contribution in [0.3, 0.4) is 0 Å². The Hall–Kier alpha value is -0.610. The fourth-order valence-electron chi connectivity index (χ4n) is 2.11. The highest BCUT2D eigenvalue weighted by Gasteiger charge is 2.29. The summed E-state index contributed by atoms with van der Waals surface area (Å²) in [5.74, 6) is 0.388. The van der Waals surface area contributed by atoms with E-state index >= 15 is 0 Å². The van der Waals surface area contributed by atoms with Gasteiger partial charge in [0.15, 0.2) is 0 Å². The molecule has 1 amide bonds. The summed E-state index contributed by atoms with van der Waals surface area (Å²) >= 11 is 0. The van der Waals surface area contributed by atoms with E-state index in [9.17, 15) is 4.79 Å². The van der Waals surface area contributed by atoms with Crippen LogP contribution in [-0.4, -0.2) is 43.2 Å². The van der Waals surface area contributed by atoms with Crippen molar-refractivity contribution in [3.63, 3.8) is 0 Å². The molecule has 0 aromatic heterocycles. The van der Waals surface area contributed by atoms with Crippen LogP contribution >= 0.6 is 0 Å². The monoisotopic (exact) mass is 198 g/mol. The van der Waals surface area contributed by atoms with Gasteiger partial charge in [0, 0.05) is 25.7 Å². The molecule has 0 bridgehead atoms. The molecule has 0 aromatic rings. The Kier molecular flexibility index (Phi) is 3.03. The first-order valence-corrected chi connectivity index (χ1v) is 5.39. The Labute approximate surface area is 84.4 Å². The molecular weight excluding hydrogens is 180 g/mol. The smallest absolute Gasteiger partial charge is 0.228 e. The normalized spacial score (nSPS) is 29.5. The van der Waals surface area contributed by atoms with E-state index in [-0.39, 0.29) is 11.8 Å². The van der Waals surface area contributed by atoms with Crippen molar-refractivity contribution in [3.05, 3.63) is 0 Å². The Morgan fingerprint density at radius 2 is 2.00 bits per heavy atom. The minimum Gasteiger partial charge on any atom is -0.381 e. The van der Waals surface area contributed by atoms with Crippen LogP contribution < -0.4 is 5.73 Å². The van der Waals surface area contributed by atoms with Crippen molar-refractivity contribution in [1.82, 2.24) is 4.90 Å². The second kappa shape index (κ2) is 4.28. The Morgan fingerprint density at radius 1 is 1.29 bits per heavy atom. The minimum absolute atomic E-state index is 0.115. The molecule has 2 N–H and O–H groups in total. The first-order chi connectivity index (χ1) is 6.77. The van der Waals surface area contributed by atoms with E-state index in [1.807, 2.05) is 4.90 Å². The fraction of sp³-hybridized carbons (Fsp3) is 0.900. The maximum atomic E-state index is 11.9. The molecule has 0 spiro atoms. The number of hydrogen-bond acceptors (Lipinski definition) is 3. The van der Waals surface area contributed by atoms with Crippen molar-refractivity contribution in [1.29, 1.82) is 0 Å². The van der Waals surface area contributed by atoms with Gasteiger partial charge >= 0.3 is 0 Å². The number of likely N-dealkylation sites (tertiary alicyclic amines) is 1. The topological polar surface area (TPSA) is 55.6 Å². The second-order valence-electron chi connectivity index (χ2n) is 4.22. The number of amides is 1. The SMILES string of the molecule is NC1CCN(C(=O)[C@@H]2CCOC2)CC1. The summed E-state index contributed by atoms with van der Waals surface area (Å²) in [5, 5.41) is 0. The third kappa shape index (κ3) is 2.07. The van der Waals surface area contributed by atoms with Crippen molar-refractivity contribution in [2.75, 3.05) is 26.3 Å². The molecule has 1 atom stereocenters. The molecule has 2 saturated heterocycles. The summed E-state index contributed by atoms with van der Waals surface area (Å²) in [6.45, 7) is 3.01. The van der Waals surface area contributed by atoms with Gasteiger partial charge in [0.05, 0.1) is 12.5 Å². The van der Waals surface area contributed by atoms with Crippen molar-refractivity contribution >= 4 is 5.91 Å². The van der Waals surface area contributed by atoms with Gasteiger partial charge in [-0.3, -0.25) is 4.79 Å². The highest BCUT2D eigenvalue weighted by Crippen LogP contribution is 2.18. The first kappa shape index (κ1) is 9.93. The fourth-order valence-corrected chi connectivity index (χ4v) is 2.11. The summed E-state index contributed by atoms with van der Waals surface area (Å²) in [6, 6.07) is 0.291. The van der Waals surface area contributed by atoms with E-state index in [1.54, 1.807) is 0 Å². The van der Waals surface area contributed by atoms with E-state index < -0.39 is 0 Å². The van der Waals surface area contributed by atoms with Gasteiger partial charge in [-0.1, -0.05) is 0 Å². The lowest BCUT2D eigenvalue weighted by Crippen LogP contribution is -2.45. The molecule has 2 aliphatic heterocycles. The molecule has 0 unspecified atom stereocenters. The van der Waals surface area contributed by atoms with Crippen LogP contribution in [0.15, 0.2) is 0 Å². The van der Waals surface area contributed by atoms with Gasteiger partial charge in [-0.2, -0.15) is 0 Å². The number of piperidine rings is 1. The van der Waals surface area contributed by atoms with Crippen molar-refractivity contribution in [2.45, 2.75) is 25.3 Å². The molecule has 0 aromatic carbocycles. The van der Waals surface area contributed by atoms with Gasteiger partial charge in [0.2, 0.25) is 5.91 Å². The molecule has 2 rings (SSSR count). The minimum atomic E-state index is 0.115. The zero-order valence-corrected chi connectivity index (χ0v) is 8.45. The van der Waals surface area contributed by atoms with E-state index in [2.05, 4.69) is 0 Å². The lowest BCUT2D eigenvalue weighted by Gasteiger charge is -2.31. The predicted octanol–water partition coefficient (Wildman–Crippen LogP) is -0.0274. The molecule has 4 nitrogen and oxygen atoms in total. The largest absolute Gasteiger partial charge is 0.381 e. The van der Waals surface area contributed by atoms with Gasteiger partial charge in [-0.15, -0.1) is 0 Å². The number of ether oxygens (including phenoxy) is 1. The average Bonchev–Trinajstić information content (AvgIpc) is 2.71. The number of rotatable bonds is 1. The summed E-state index contributed by atoms with van der Waals surface area (Å²) in [4.78, 5) is 13.9. The summed E-state index contributed by atoms with van der Waals surface area (Å²) in [6.07, 6.45) is 2.78. The van der Waals surface area contributed by atoms with Crippen LogP contribution in [0.2, 0.25) is 0 Å². The maximum Gasteiger partial charge on any atom is 0.228 e. The third-order valence-electron chi connectivity index (χ3n) is 3.13. The quantitative estimate of drug-likeness (QED) is 0.644. The molecule has 14 heavy (non-hydrogen) atoms. The Balaban J connectivity index is 1.85. The average molecular weight is 198 g/mol. The molecule has 0 aliphatic carbocycles. The van der Waals surface area contributed by atoms with E-state index in [4.69, 9.17) is 10.5 Å². The predicted molar refractivity (Wildman–Crippen MR) is 52.7 cm³/mol. The van der Waals surface area contributed by atoms with E-state index in [0.29, 0.717) is 12.6 Å². The number of hydrogen-bond donors (Lipinski definition) is 1. The third-order valence-corrected chi connectivity index (χ3v) is 3.13. The van der Waals surface area contributed by atoms with Crippen molar-refractivity contribution < 1.29 is 9.53 Å². The number of carbonyl (C=O) groups excluding carboxylic acids is 1. The van der Waals surface area contributed by atoms with Crippen LogP contribution in [0.4, 0.5) is 0 Å². The van der Waals surface area contributed by atoms with Gasteiger partial charge in [-0.25, -0.2) is 0 Å². The molecular formula is C10H18N2O2. The molecule has 80 valence electrons. The van der Waals surface area contributed by atoms with Crippen LogP contribution in [0.1, 0.15) is 19.3 Å². The first-order valence-electron chi connectivity index (χ1n) is 5.39. The van der Waals surface area contributed by atoms with Crippen molar-refractivity contribution in [3.8, 4) is 0 Å². The van der Waals surface area contributed by atoms with E-state index in [1.165, 1.54) is 0 Å². The Morgan fingerprint density at radius 3 is 2.57 bits per heavy atom.